The van der Waals surface area contributed by atoms with Crippen LogP contribution in [0.1, 0.15) is 22.4 Å². The maximum absolute atomic E-state index is 12.4. The molecule has 1 aliphatic rings. The Morgan fingerprint density at radius 3 is 2.44 bits per heavy atom. The molecular formula is C21H17ClN4O. The highest BCUT2D eigenvalue weighted by Gasteiger charge is 2.23. The van der Waals surface area contributed by atoms with Crippen LogP contribution >= 0.6 is 11.6 Å². The molecule has 0 fully saturated rings. The molecular weight excluding hydrogens is 360 g/mol. The molecule has 1 aromatic heterocycles. The molecule has 3 aromatic rings. The molecule has 1 N–H and O–H groups in total. The molecule has 0 unspecified atom stereocenters. The van der Waals surface area contributed by atoms with Crippen LogP contribution in [0.4, 0.5) is 0 Å². The summed E-state index contributed by atoms with van der Waals surface area (Å²) in [6.07, 6.45) is 1.68. The Morgan fingerprint density at radius 1 is 1.04 bits per heavy atom. The number of aliphatic imine (C=N–C) groups is 1. The highest BCUT2D eigenvalue weighted by Crippen LogP contribution is 2.27. The number of carbonyl (C=O) groups is 1. The monoisotopic (exact) mass is 376 g/mol. The maximum atomic E-state index is 12.4. The van der Waals surface area contributed by atoms with Gasteiger partial charge in [-0.05, 0) is 32.1 Å². The van der Waals surface area contributed by atoms with Gasteiger partial charge in [-0.2, -0.15) is 5.10 Å². The van der Waals surface area contributed by atoms with Crippen LogP contribution in [0.25, 0.3) is 11.8 Å². The van der Waals surface area contributed by atoms with Crippen molar-refractivity contribution in [3.8, 4) is 5.69 Å². The summed E-state index contributed by atoms with van der Waals surface area (Å²) in [7, 11) is 0. The summed E-state index contributed by atoms with van der Waals surface area (Å²) < 4.78 is 1.65. The lowest BCUT2D eigenvalue weighted by molar-refractivity contribution is -0.115. The van der Waals surface area contributed by atoms with Crippen molar-refractivity contribution >= 4 is 29.4 Å². The number of amides is 1. The van der Waals surface area contributed by atoms with E-state index in [-0.39, 0.29) is 5.91 Å². The minimum absolute atomic E-state index is 0.256. The van der Waals surface area contributed by atoms with Gasteiger partial charge in [-0.3, -0.25) is 4.79 Å². The molecule has 134 valence electrons. The van der Waals surface area contributed by atoms with Crippen LogP contribution < -0.4 is 5.32 Å². The van der Waals surface area contributed by atoms with Gasteiger partial charge in [-0.15, -0.1) is 0 Å². The summed E-state index contributed by atoms with van der Waals surface area (Å²) in [5, 5.41) is 7.75. The van der Waals surface area contributed by atoms with Crippen molar-refractivity contribution in [2.45, 2.75) is 13.8 Å². The second kappa shape index (κ2) is 6.85. The number of aryl methyl sites for hydroxylation is 2. The van der Waals surface area contributed by atoms with Gasteiger partial charge in [0, 0.05) is 11.1 Å². The number of nitrogens with one attached hydrogen (secondary N) is 1. The lowest BCUT2D eigenvalue weighted by Gasteiger charge is -2.02. The third-order valence-corrected chi connectivity index (χ3v) is 4.72. The fraction of sp³-hybridized carbons (Fsp3) is 0.0952. The van der Waals surface area contributed by atoms with Gasteiger partial charge in [0.1, 0.15) is 16.7 Å². The lowest BCUT2D eigenvalue weighted by Crippen LogP contribution is -2.24. The van der Waals surface area contributed by atoms with Gasteiger partial charge >= 0.3 is 0 Å². The van der Waals surface area contributed by atoms with Crippen LogP contribution in [0.3, 0.4) is 0 Å². The average molecular weight is 377 g/mol. The first-order valence-corrected chi connectivity index (χ1v) is 8.90. The van der Waals surface area contributed by atoms with Gasteiger partial charge in [0.05, 0.1) is 11.4 Å². The topological polar surface area (TPSA) is 59.3 Å². The summed E-state index contributed by atoms with van der Waals surface area (Å²) in [5.41, 5.74) is 4.58. The second-order valence-electron chi connectivity index (χ2n) is 6.35. The molecule has 5 nitrogen and oxygen atoms in total. The molecule has 4 rings (SSSR count). The third-order valence-electron chi connectivity index (χ3n) is 4.35. The Bertz CT molecular complexity index is 1080. The van der Waals surface area contributed by atoms with Crippen LogP contribution in [-0.4, -0.2) is 21.5 Å². The summed E-state index contributed by atoms with van der Waals surface area (Å²) in [5.74, 6) is 0.281. The zero-order valence-corrected chi connectivity index (χ0v) is 15.7. The van der Waals surface area contributed by atoms with Crippen molar-refractivity contribution in [3.05, 3.63) is 87.8 Å². The number of aromatic nitrogens is 2. The molecule has 6 heteroatoms. The van der Waals surface area contributed by atoms with Crippen molar-refractivity contribution in [1.29, 1.82) is 0 Å². The van der Waals surface area contributed by atoms with E-state index in [2.05, 4.69) is 15.4 Å². The van der Waals surface area contributed by atoms with E-state index in [0.717, 1.165) is 22.5 Å². The minimum atomic E-state index is -0.256. The molecule has 0 bridgehead atoms. The number of benzene rings is 2. The van der Waals surface area contributed by atoms with Crippen LogP contribution in [0.2, 0.25) is 5.15 Å². The molecule has 2 aromatic carbocycles. The standard InChI is InChI=1S/C21H17ClN4O/c1-13-8-10-15(11-9-13)20-23-18(21(27)24-20)12-17-14(2)25-26(19(17)22)16-6-4-3-5-7-16/h3-12H,1-2H3,(H,23,24,27). The zero-order chi connectivity index (χ0) is 19.0. The Balaban J connectivity index is 1.72. The van der Waals surface area contributed by atoms with Gasteiger partial charge in [0.15, 0.2) is 0 Å². The van der Waals surface area contributed by atoms with E-state index < -0.39 is 0 Å². The fourth-order valence-corrected chi connectivity index (χ4v) is 3.20. The van der Waals surface area contributed by atoms with Crippen LogP contribution in [-0.2, 0) is 4.79 Å². The number of rotatable bonds is 3. The van der Waals surface area contributed by atoms with Gasteiger partial charge in [0.25, 0.3) is 5.91 Å². The largest absolute Gasteiger partial charge is 0.305 e. The number of para-hydroxylation sites is 1. The molecule has 27 heavy (non-hydrogen) atoms. The van der Waals surface area contributed by atoms with Gasteiger partial charge in [-0.25, -0.2) is 9.67 Å². The van der Waals surface area contributed by atoms with E-state index in [9.17, 15) is 4.79 Å². The SMILES string of the molecule is Cc1ccc(C2=NC(=Cc3c(C)nn(-c4ccccc4)c3Cl)C(=O)N2)cc1. The number of hydrogen-bond acceptors (Lipinski definition) is 3. The van der Waals surface area contributed by atoms with Gasteiger partial charge < -0.3 is 5.32 Å². The molecule has 0 radical (unpaired) electrons. The van der Waals surface area contributed by atoms with Crippen LogP contribution in [0.15, 0.2) is 65.3 Å². The number of amidine groups is 1. The Hall–Kier alpha value is -3.18. The van der Waals surface area contributed by atoms with E-state index in [1.165, 1.54) is 0 Å². The molecule has 0 spiro atoms. The first kappa shape index (κ1) is 17.2. The van der Waals surface area contributed by atoms with Crippen LogP contribution in [0, 0.1) is 13.8 Å². The maximum Gasteiger partial charge on any atom is 0.275 e. The molecule has 0 saturated carbocycles. The van der Waals surface area contributed by atoms with Crippen molar-refractivity contribution in [3.63, 3.8) is 0 Å². The Morgan fingerprint density at radius 2 is 1.74 bits per heavy atom. The molecule has 1 aliphatic heterocycles. The smallest absolute Gasteiger partial charge is 0.275 e. The molecule has 0 atom stereocenters. The molecule has 2 heterocycles. The number of nitrogens with zero attached hydrogens (tertiary/aromatic N) is 3. The Kier molecular flexibility index (Phi) is 4.38. The molecule has 0 aliphatic carbocycles. The van der Waals surface area contributed by atoms with Crippen molar-refractivity contribution < 1.29 is 4.79 Å². The lowest BCUT2D eigenvalue weighted by atomic mass is 10.1. The highest BCUT2D eigenvalue weighted by molar-refractivity contribution is 6.31. The number of hydrogen-bond donors (Lipinski definition) is 1. The quantitative estimate of drug-likeness (QED) is 0.701. The van der Waals surface area contributed by atoms with Crippen molar-refractivity contribution in [2.24, 2.45) is 4.99 Å². The van der Waals surface area contributed by atoms with E-state index >= 15 is 0 Å². The average Bonchev–Trinajstić information content (AvgIpc) is 3.18. The normalized spacial score (nSPS) is 15.1. The highest BCUT2D eigenvalue weighted by atomic mass is 35.5. The van der Waals surface area contributed by atoms with Crippen molar-refractivity contribution in [1.82, 2.24) is 15.1 Å². The van der Waals surface area contributed by atoms with Crippen LogP contribution in [0.5, 0.6) is 0 Å². The fourth-order valence-electron chi connectivity index (χ4n) is 2.87. The first-order chi connectivity index (χ1) is 13.0. The van der Waals surface area contributed by atoms with E-state index in [0.29, 0.717) is 22.2 Å². The predicted molar refractivity (Wildman–Crippen MR) is 107 cm³/mol. The summed E-state index contributed by atoms with van der Waals surface area (Å²) in [6.45, 7) is 3.87. The molecule has 0 saturated heterocycles. The summed E-state index contributed by atoms with van der Waals surface area (Å²) in [6, 6.07) is 17.4. The zero-order valence-electron chi connectivity index (χ0n) is 14.9. The molecule has 1 amide bonds. The number of carbonyl (C=O) groups excluding carboxylic acids is 1. The third kappa shape index (κ3) is 3.29. The van der Waals surface area contributed by atoms with E-state index in [1.807, 2.05) is 68.4 Å². The minimum Gasteiger partial charge on any atom is -0.305 e. The van der Waals surface area contributed by atoms with E-state index in [4.69, 9.17) is 11.6 Å². The number of halogens is 1. The summed E-state index contributed by atoms with van der Waals surface area (Å²) in [4.78, 5) is 16.8. The van der Waals surface area contributed by atoms with Gasteiger partial charge in [0.2, 0.25) is 0 Å². The first-order valence-electron chi connectivity index (χ1n) is 8.52. The predicted octanol–water partition coefficient (Wildman–Crippen LogP) is 4.06. The van der Waals surface area contributed by atoms with E-state index in [1.54, 1.807) is 10.8 Å². The van der Waals surface area contributed by atoms with Crippen molar-refractivity contribution in [2.75, 3.05) is 0 Å². The van der Waals surface area contributed by atoms with Gasteiger partial charge in [-0.1, -0.05) is 59.6 Å². The summed E-state index contributed by atoms with van der Waals surface area (Å²) >= 11 is 6.54. The Labute approximate surface area is 162 Å². The second-order valence-corrected chi connectivity index (χ2v) is 6.71.